The SMILES string of the molecule is CC(C)NC(=O)NCc1ccc([C@H]2C[C@@]3(C)C(CC[C@@]3(O)C(F)(F)C(F)(F)F)C3CCC4(O)CC5(CCC4=C32)OCC(C)(C)CO5)cc1. The molecular weight excluding hydrogens is 635 g/mol. The monoisotopic (exact) mass is 684 g/mol. The molecule has 4 aliphatic carbocycles. The number of hydrogen-bond donors (Lipinski definition) is 4. The number of halogens is 5. The molecule has 7 nitrogen and oxygen atoms in total. The summed E-state index contributed by atoms with van der Waals surface area (Å²) >= 11 is 0. The second-order valence-corrected chi connectivity index (χ2v) is 16.4. The fourth-order valence-corrected chi connectivity index (χ4v) is 9.67. The van der Waals surface area contributed by atoms with Crippen molar-refractivity contribution in [3.63, 3.8) is 0 Å². The van der Waals surface area contributed by atoms with Crippen LogP contribution in [0.5, 0.6) is 0 Å². The van der Waals surface area contributed by atoms with Crippen molar-refractivity contribution >= 4 is 6.03 Å². The lowest BCUT2D eigenvalue weighted by molar-refractivity contribution is -0.362. The molecule has 4 fully saturated rings. The van der Waals surface area contributed by atoms with Gasteiger partial charge >= 0.3 is 18.1 Å². The number of nitrogens with one attached hydrogen (secondary N) is 2. The van der Waals surface area contributed by atoms with Crippen LogP contribution in [0.15, 0.2) is 35.4 Å². The van der Waals surface area contributed by atoms with Crippen LogP contribution in [0.3, 0.4) is 0 Å². The Bertz CT molecular complexity index is 1430. The van der Waals surface area contributed by atoms with Crippen LogP contribution in [-0.2, 0) is 16.0 Å². The van der Waals surface area contributed by atoms with Crippen LogP contribution < -0.4 is 10.6 Å². The highest BCUT2D eigenvalue weighted by Gasteiger charge is 2.79. The number of amides is 2. The number of ether oxygens (including phenoxy) is 2. The summed E-state index contributed by atoms with van der Waals surface area (Å²) in [5.74, 6) is -7.87. The second-order valence-electron chi connectivity index (χ2n) is 16.4. The van der Waals surface area contributed by atoms with E-state index in [0.717, 1.165) is 16.7 Å². The van der Waals surface area contributed by atoms with E-state index in [4.69, 9.17) is 9.47 Å². The van der Waals surface area contributed by atoms with Crippen LogP contribution in [0.4, 0.5) is 26.7 Å². The van der Waals surface area contributed by atoms with Crippen molar-refractivity contribution in [1.29, 1.82) is 0 Å². The van der Waals surface area contributed by atoms with Gasteiger partial charge in [-0.05, 0) is 80.9 Å². The predicted molar refractivity (Wildman–Crippen MR) is 168 cm³/mol. The smallest absolute Gasteiger partial charge is 0.385 e. The molecule has 1 saturated heterocycles. The van der Waals surface area contributed by atoms with Crippen LogP contribution in [0.2, 0.25) is 0 Å². The number of aliphatic hydroxyl groups is 2. The van der Waals surface area contributed by atoms with Gasteiger partial charge in [-0.15, -0.1) is 0 Å². The predicted octanol–water partition coefficient (Wildman–Crippen LogP) is 7.12. The highest BCUT2D eigenvalue weighted by molar-refractivity contribution is 5.74. The Labute approximate surface area is 279 Å². The van der Waals surface area contributed by atoms with Crippen molar-refractivity contribution in [2.45, 2.75) is 134 Å². The quantitative estimate of drug-likeness (QED) is 0.196. The summed E-state index contributed by atoms with van der Waals surface area (Å²) in [5, 5.41) is 29.4. The molecule has 0 aromatic heterocycles. The standard InChI is InChI=1S/C36H49F5N2O5/c1-21(2)43-29(44)42-17-22-6-8-23(9-7-22)25-16-31(5)26(12-15-34(31,46)35(37,38)36(39,40)41)24-10-13-32(45)18-33(14-11-27(32)28(24)25)47-19-30(3,4)20-48-33/h6-9,21,24-26,45-46H,10-20H2,1-5H3,(H2,42,43,44)/t24?,25-,26?,31+,32?,34+/m1/s1. The third-order valence-corrected chi connectivity index (χ3v) is 12.1. The van der Waals surface area contributed by atoms with Crippen LogP contribution in [0.1, 0.15) is 103 Å². The molecule has 0 radical (unpaired) electrons. The van der Waals surface area contributed by atoms with Gasteiger partial charge in [0.25, 0.3) is 0 Å². The lowest BCUT2D eigenvalue weighted by atomic mass is 9.49. The summed E-state index contributed by atoms with van der Waals surface area (Å²) in [5.41, 5.74) is -3.29. The molecule has 1 aliphatic heterocycles. The van der Waals surface area contributed by atoms with Crippen molar-refractivity contribution in [3.8, 4) is 0 Å². The first-order valence-corrected chi connectivity index (χ1v) is 17.2. The molecule has 48 heavy (non-hydrogen) atoms. The molecule has 4 N–H and O–H groups in total. The summed E-state index contributed by atoms with van der Waals surface area (Å²) in [4.78, 5) is 12.1. The molecule has 3 saturated carbocycles. The van der Waals surface area contributed by atoms with E-state index in [2.05, 4.69) is 10.6 Å². The number of alkyl halides is 5. The average Bonchev–Trinajstić information content (AvgIpc) is 3.27. The molecule has 3 unspecified atom stereocenters. The molecule has 0 bridgehead atoms. The van der Waals surface area contributed by atoms with E-state index in [-0.39, 0.29) is 49.2 Å². The number of hydrogen-bond acceptors (Lipinski definition) is 5. The average molecular weight is 685 g/mol. The van der Waals surface area contributed by atoms with Gasteiger partial charge < -0.3 is 30.3 Å². The van der Waals surface area contributed by atoms with Gasteiger partial charge in [0, 0.05) is 42.2 Å². The zero-order valence-electron chi connectivity index (χ0n) is 28.4. The minimum absolute atomic E-state index is 0.0273. The lowest BCUT2D eigenvalue weighted by Crippen LogP contribution is -2.65. The second kappa shape index (κ2) is 11.6. The van der Waals surface area contributed by atoms with Gasteiger partial charge in [-0.25, -0.2) is 4.79 Å². The maximum atomic E-state index is 15.4. The van der Waals surface area contributed by atoms with E-state index in [0.29, 0.717) is 44.5 Å². The third kappa shape index (κ3) is 5.66. The van der Waals surface area contributed by atoms with E-state index < -0.39 is 52.8 Å². The fourth-order valence-electron chi connectivity index (χ4n) is 9.67. The number of fused-ring (bicyclic) bond motifs is 4. The molecule has 1 heterocycles. The van der Waals surface area contributed by atoms with Crippen LogP contribution in [0.25, 0.3) is 0 Å². The molecule has 6 rings (SSSR count). The molecule has 5 aliphatic rings. The minimum atomic E-state index is -5.91. The topological polar surface area (TPSA) is 100 Å². The lowest BCUT2D eigenvalue weighted by Gasteiger charge is -2.59. The molecule has 1 spiro atoms. The normalized spacial score (nSPS) is 36.0. The van der Waals surface area contributed by atoms with Crippen LogP contribution >= 0.6 is 0 Å². The fraction of sp³-hybridized carbons (Fsp3) is 0.750. The van der Waals surface area contributed by atoms with Gasteiger partial charge in [0.15, 0.2) is 5.79 Å². The van der Waals surface area contributed by atoms with E-state index in [9.17, 15) is 28.2 Å². The molecule has 1 aromatic carbocycles. The van der Waals surface area contributed by atoms with Gasteiger partial charge in [-0.2, -0.15) is 22.0 Å². The maximum Gasteiger partial charge on any atom is 0.456 e. The summed E-state index contributed by atoms with van der Waals surface area (Å²) < 4.78 is 85.1. The Morgan fingerprint density at radius 2 is 1.62 bits per heavy atom. The van der Waals surface area contributed by atoms with Crippen molar-refractivity contribution in [2.75, 3.05) is 13.2 Å². The highest BCUT2D eigenvalue weighted by Crippen LogP contribution is 2.71. The highest BCUT2D eigenvalue weighted by atomic mass is 19.4. The molecule has 6 atom stereocenters. The minimum Gasteiger partial charge on any atom is -0.385 e. The molecule has 268 valence electrons. The largest absolute Gasteiger partial charge is 0.456 e. The number of carbonyl (C=O) groups excluding carboxylic acids is 1. The maximum absolute atomic E-state index is 15.4. The number of rotatable bonds is 5. The van der Waals surface area contributed by atoms with E-state index in [1.807, 2.05) is 39.8 Å². The summed E-state index contributed by atoms with van der Waals surface area (Å²) in [6, 6.07) is 6.88. The first kappa shape index (κ1) is 35.5. The number of benzene rings is 1. The Balaban J connectivity index is 1.39. The van der Waals surface area contributed by atoms with Crippen LogP contribution in [0, 0.1) is 22.7 Å². The molecule has 12 heteroatoms. The summed E-state index contributed by atoms with van der Waals surface area (Å²) in [6.45, 7) is 10.4. The first-order valence-electron chi connectivity index (χ1n) is 17.2. The van der Waals surface area contributed by atoms with Crippen molar-refractivity contribution in [1.82, 2.24) is 10.6 Å². The van der Waals surface area contributed by atoms with E-state index >= 15 is 8.78 Å². The zero-order valence-corrected chi connectivity index (χ0v) is 28.4. The molecule has 1 aromatic rings. The van der Waals surface area contributed by atoms with Gasteiger partial charge in [0.1, 0.15) is 5.60 Å². The Morgan fingerprint density at radius 3 is 2.23 bits per heavy atom. The van der Waals surface area contributed by atoms with Crippen molar-refractivity contribution in [2.24, 2.45) is 22.7 Å². The van der Waals surface area contributed by atoms with Gasteiger partial charge in [-0.3, -0.25) is 0 Å². The van der Waals surface area contributed by atoms with E-state index in [1.54, 1.807) is 12.1 Å². The van der Waals surface area contributed by atoms with Gasteiger partial charge in [0.05, 0.1) is 18.8 Å². The first-order chi connectivity index (χ1) is 22.2. The summed E-state index contributed by atoms with van der Waals surface area (Å²) in [6.07, 6.45) is -4.85. The van der Waals surface area contributed by atoms with Crippen molar-refractivity contribution in [3.05, 3.63) is 46.5 Å². The molecule has 2 amide bonds. The number of carbonyl (C=O) groups is 1. The molecular formula is C36H49F5N2O5. The van der Waals surface area contributed by atoms with Gasteiger partial charge in [-0.1, -0.05) is 50.6 Å². The Morgan fingerprint density at radius 1 is 0.979 bits per heavy atom. The van der Waals surface area contributed by atoms with Gasteiger partial charge in [0.2, 0.25) is 0 Å². The third-order valence-electron chi connectivity index (χ3n) is 12.1. The number of allylic oxidation sites excluding steroid dienone is 1. The Hall–Kier alpha value is -2.28. The van der Waals surface area contributed by atoms with Crippen LogP contribution in [-0.4, -0.2) is 64.6 Å². The zero-order chi connectivity index (χ0) is 35.1. The van der Waals surface area contributed by atoms with E-state index in [1.165, 1.54) is 6.92 Å². The van der Waals surface area contributed by atoms with Crippen molar-refractivity contribution < 1.29 is 46.4 Å². The summed E-state index contributed by atoms with van der Waals surface area (Å²) in [7, 11) is 0. The number of urea groups is 1. The Kier molecular flexibility index (Phi) is 8.61.